The van der Waals surface area contributed by atoms with E-state index >= 15 is 0 Å². The molecule has 5 nitrogen and oxygen atoms in total. The Balaban J connectivity index is 1.62. The van der Waals surface area contributed by atoms with E-state index in [0.29, 0.717) is 13.0 Å². The van der Waals surface area contributed by atoms with Gasteiger partial charge in [-0.25, -0.2) is 8.42 Å². The molecular formula is C23H24N2O3S. The van der Waals surface area contributed by atoms with E-state index in [9.17, 15) is 13.2 Å². The predicted molar refractivity (Wildman–Crippen MR) is 115 cm³/mol. The van der Waals surface area contributed by atoms with Crippen molar-refractivity contribution in [3.8, 4) is 0 Å². The van der Waals surface area contributed by atoms with Gasteiger partial charge in [0, 0.05) is 32.2 Å². The molecule has 0 radical (unpaired) electrons. The molecule has 1 amide bonds. The number of hydrogen-bond acceptors (Lipinski definition) is 3. The smallest absolute Gasteiger partial charge is 0.243 e. The van der Waals surface area contributed by atoms with Crippen LogP contribution in [0.4, 0.5) is 5.69 Å². The van der Waals surface area contributed by atoms with Gasteiger partial charge in [-0.1, -0.05) is 42.5 Å². The van der Waals surface area contributed by atoms with Crippen molar-refractivity contribution >= 4 is 32.4 Å². The summed E-state index contributed by atoms with van der Waals surface area (Å²) < 4.78 is 27.7. The second-order valence-electron chi connectivity index (χ2n) is 7.50. The third kappa shape index (κ3) is 3.66. The minimum Gasteiger partial charge on any atom is -0.312 e. The van der Waals surface area contributed by atoms with Crippen LogP contribution >= 0.6 is 0 Å². The van der Waals surface area contributed by atoms with E-state index in [-0.39, 0.29) is 17.3 Å². The fourth-order valence-corrected chi connectivity index (χ4v) is 5.16. The number of rotatable bonds is 5. The highest BCUT2D eigenvalue weighted by Gasteiger charge is 2.26. The summed E-state index contributed by atoms with van der Waals surface area (Å²) in [6, 6.07) is 18.9. The molecule has 150 valence electrons. The van der Waals surface area contributed by atoms with Gasteiger partial charge >= 0.3 is 0 Å². The second-order valence-corrected chi connectivity index (χ2v) is 9.54. The zero-order valence-corrected chi connectivity index (χ0v) is 17.4. The van der Waals surface area contributed by atoms with Crippen molar-refractivity contribution in [2.45, 2.75) is 31.2 Å². The number of nitrogens with zero attached hydrogens (tertiary/aromatic N) is 2. The number of carbonyl (C=O) groups excluding carboxylic acids is 1. The maximum atomic E-state index is 13.2. The highest BCUT2D eigenvalue weighted by Crippen LogP contribution is 2.29. The lowest BCUT2D eigenvalue weighted by Gasteiger charge is -2.21. The fraction of sp³-hybridized carbons (Fsp3) is 0.261. The highest BCUT2D eigenvalue weighted by atomic mass is 32.2. The normalized spacial score (nSPS) is 14.9. The zero-order chi connectivity index (χ0) is 20.6. The molecule has 0 aromatic heterocycles. The highest BCUT2D eigenvalue weighted by molar-refractivity contribution is 7.89. The van der Waals surface area contributed by atoms with E-state index < -0.39 is 10.0 Å². The molecule has 0 atom stereocenters. The van der Waals surface area contributed by atoms with Gasteiger partial charge < -0.3 is 4.90 Å². The first-order valence-electron chi connectivity index (χ1n) is 9.72. The molecule has 29 heavy (non-hydrogen) atoms. The zero-order valence-electron chi connectivity index (χ0n) is 16.6. The number of benzene rings is 3. The molecule has 0 N–H and O–H groups in total. The van der Waals surface area contributed by atoms with E-state index in [1.807, 2.05) is 49.4 Å². The lowest BCUT2D eigenvalue weighted by atomic mass is 10.0. The second kappa shape index (κ2) is 7.61. The van der Waals surface area contributed by atoms with E-state index in [1.54, 1.807) is 30.1 Å². The summed E-state index contributed by atoms with van der Waals surface area (Å²) in [5.74, 6) is 0.0942. The molecule has 4 rings (SSSR count). The third-order valence-corrected chi connectivity index (χ3v) is 7.31. The minimum absolute atomic E-state index is 0.0942. The Bertz CT molecular complexity index is 1180. The van der Waals surface area contributed by atoms with Crippen LogP contribution in [0.3, 0.4) is 0 Å². The number of anilines is 1. The number of sulfonamides is 1. The van der Waals surface area contributed by atoms with Crippen LogP contribution in [0, 0.1) is 6.92 Å². The van der Waals surface area contributed by atoms with Crippen LogP contribution < -0.4 is 4.90 Å². The average molecular weight is 409 g/mol. The van der Waals surface area contributed by atoms with Crippen LogP contribution in [0.2, 0.25) is 0 Å². The van der Waals surface area contributed by atoms with Gasteiger partial charge in [0.25, 0.3) is 0 Å². The molecule has 1 saturated heterocycles. The molecule has 1 fully saturated rings. The summed E-state index contributed by atoms with van der Waals surface area (Å²) in [6.07, 6.45) is 1.39. The molecule has 1 heterocycles. The minimum atomic E-state index is -3.65. The molecule has 3 aromatic carbocycles. The van der Waals surface area contributed by atoms with E-state index in [2.05, 4.69) is 0 Å². The lowest BCUT2D eigenvalue weighted by molar-refractivity contribution is -0.117. The molecule has 1 aliphatic rings. The number of aryl methyl sites for hydroxylation is 1. The monoisotopic (exact) mass is 408 g/mol. The fourth-order valence-electron chi connectivity index (χ4n) is 3.93. The number of carbonyl (C=O) groups is 1. The molecule has 0 bridgehead atoms. The Morgan fingerprint density at radius 1 is 1.03 bits per heavy atom. The summed E-state index contributed by atoms with van der Waals surface area (Å²) in [6.45, 7) is 2.83. The Hall–Kier alpha value is -2.70. The van der Waals surface area contributed by atoms with Crippen molar-refractivity contribution in [1.29, 1.82) is 0 Å². The molecule has 1 aliphatic heterocycles. The van der Waals surface area contributed by atoms with Gasteiger partial charge in [-0.2, -0.15) is 4.31 Å². The Morgan fingerprint density at radius 3 is 2.52 bits per heavy atom. The third-order valence-electron chi connectivity index (χ3n) is 5.51. The van der Waals surface area contributed by atoms with Gasteiger partial charge in [0.2, 0.25) is 15.9 Å². The average Bonchev–Trinajstić information content (AvgIpc) is 3.13. The van der Waals surface area contributed by atoms with Crippen LogP contribution in [0.25, 0.3) is 10.8 Å². The van der Waals surface area contributed by atoms with Crippen LogP contribution in [-0.2, 0) is 21.4 Å². The lowest BCUT2D eigenvalue weighted by Crippen LogP contribution is -2.27. The van der Waals surface area contributed by atoms with Gasteiger partial charge in [0.05, 0.1) is 4.90 Å². The van der Waals surface area contributed by atoms with Crippen molar-refractivity contribution in [1.82, 2.24) is 4.31 Å². The van der Waals surface area contributed by atoms with Crippen LogP contribution in [0.5, 0.6) is 0 Å². The molecule has 6 heteroatoms. The molecule has 0 saturated carbocycles. The largest absolute Gasteiger partial charge is 0.312 e. The van der Waals surface area contributed by atoms with Crippen molar-refractivity contribution in [2.75, 3.05) is 18.5 Å². The van der Waals surface area contributed by atoms with Crippen molar-refractivity contribution in [3.05, 3.63) is 71.8 Å². The first-order valence-corrected chi connectivity index (χ1v) is 11.2. The summed E-state index contributed by atoms with van der Waals surface area (Å²) >= 11 is 0. The molecule has 0 spiro atoms. The van der Waals surface area contributed by atoms with Gasteiger partial charge in [0.1, 0.15) is 0 Å². The number of fused-ring (bicyclic) bond motifs is 1. The summed E-state index contributed by atoms with van der Waals surface area (Å²) in [4.78, 5) is 14.0. The van der Waals surface area contributed by atoms with Gasteiger partial charge in [-0.15, -0.1) is 0 Å². The maximum absolute atomic E-state index is 13.2. The van der Waals surface area contributed by atoms with E-state index in [1.165, 1.54) is 4.31 Å². The first-order chi connectivity index (χ1) is 13.9. The van der Waals surface area contributed by atoms with Crippen LogP contribution in [-0.4, -0.2) is 32.2 Å². The molecule has 0 aliphatic carbocycles. The van der Waals surface area contributed by atoms with Crippen LogP contribution in [0.1, 0.15) is 24.0 Å². The quantitative estimate of drug-likeness (QED) is 0.639. The summed E-state index contributed by atoms with van der Waals surface area (Å²) in [7, 11) is -2.05. The molecular weight excluding hydrogens is 384 g/mol. The van der Waals surface area contributed by atoms with Crippen molar-refractivity contribution in [3.63, 3.8) is 0 Å². The summed E-state index contributed by atoms with van der Waals surface area (Å²) in [5, 5.41) is 2.14. The first kappa shape index (κ1) is 19.6. The number of amides is 1. The Labute approximate surface area is 171 Å². The van der Waals surface area contributed by atoms with Crippen LogP contribution in [0.15, 0.2) is 65.6 Å². The van der Waals surface area contributed by atoms with E-state index in [0.717, 1.165) is 34.0 Å². The topological polar surface area (TPSA) is 57.7 Å². The SMILES string of the molecule is Cc1cc(S(=O)(=O)N(C)Cc2cccc3ccccc23)ccc1N1CCCC1=O. The number of hydrogen-bond donors (Lipinski definition) is 0. The van der Waals surface area contributed by atoms with Gasteiger partial charge in [-0.3, -0.25) is 4.79 Å². The van der Waals surface area contributed by atoms with Gasteiger partial charge in [-0.05, 0) is 53.4 Å². The maximum Gasteiger partial charge on any atom is 0.243 e. The molecule has 3 aromatic rings. The Kier molecular flexibility index (Phi) is 5.15. The summed E-state index contributed by atoms with van der Waals surface area (Å²) in [5.41, 5.74) is 2.55. The molecule has 0 unspecified atom stereocenters. The van der Waals surface area contributed by atoms with Crippen molar-refractivity contribution < 1.29 is 13.2 Å². The standard InChI is InChI=1S/C23H24N2O3S/c1-17-15-20(12-13-22(17)25-14-6-11-23(25)26)29(27,28)24(2)16-19-9-5-8-18-7-3-4-10-21(18)19/h3-5,7-10,12-13,15H,6,11,14,16H2,1-2H3. The van der Waals surface area contributed by atoms with Gasteiger partial charge in [0.15, 0.2) is 0 Å². The van der Waals surface area contributed by atoms with E-state index in [4.69, 9.17) is 0 Å². The van der Waals surface area contributed by atoms with Crippen molar-refractivity contribution in [2.24, 2.45) is 0 Å². The Morgan fingerprint density at radius 2 is 1.79 bits per heavy atom. The predicted octanol–water partition coefficient (Wildman–Crippen LogP) is 4.10.